The number of hydrogen-bond donors (Lipinski definition) is 0. The Balaban J connectivity index is 0. The van der Waals surface area contributed by atoms with Gasteiger partial charge in [-0.05, 0) is 0 Å². The van der Waals surface area contributed by atoms with Gasteiger partial charge in [0.2, 0.25) is 0 Å². The number of hydrogen-bond acceptors (Lipinski definition) is 0. The Morgan fingerprint density at radius 1 is 0.600 bits per heavy atom. The van der Waals surface area contributed by atoms with E-state index in [-0.39, 0.29) is 109 Å². The second kappa shape index (κ2) is 26.8. The van der Waals surface area contributed by atoms with Gasteiger partial charge < -0.3 is 0 Å². The summed E-state index contributed by atoms with van der Waals surface area (Å²) in [5.41, 5.74) is 0. The molecule has 5 heteroatoms. The van der Waals surface area contributed by atoms with Crippen LogP contribution in [0.25, 0.3) is 0 Å². The Morgan fingerprint density at radius 2 is 0.600 bits per heavy atom. The molecule has 0 aromatic carbocycles. The van der Waals surface area contributed by atoms with Crippen LogP contribution in [0, 0.1) is 41.7 Å². The van der Waals surface area contributed by atoms with Crippen molar-refractivity contribution in [3.63, 3.8) is 0 Å². The van der Waals surface area contributed by atoms with Gasteiger partial charge in [-0.25, -0.2) is 0 Å². The van der Waals surface area contributed by atoms with Crippen molar-refractivity contribution in [3.8, 4) is 0 Å². The molecule has 0 atom stereocenters. The van der Waals surface area contributed by atoms with Crippen LogP contribution in [0.1, 0.15) is 0 Å². The molecular formula is H4CeCl3Na. The minimum absolute atomic E-state index is 0. The molecular weight excluding hydrogens is 269 g/mol. The van der Waals surface area contributed by atoms with Crippen LogP contribution >= 0.6 is 37.2 Å². The zero-order chi connectivity index (χ0) is 0. The molecule has 0 saturated carbocycles. The summed E-state index contributed by atoms with van der Waals surface area (Å²) in [5, 5.41) is 0. The van der Waals surface area contributed by atoms with Crippen molar-refractivity contribution in [3.05, 3.63) is 0 Å². The van der Waals surface area contributed by atoms with E-state index < -0.39 is 0 Å². The monoisotopic (exact) mass is 272 g/mol. The molecule has 0 heterocycles. The van der Waals surface area contributed by atoms with E-state index in [2.05, 4.69) is 0 Å². The van der Waals surface area contributed by atoms with Crippen molar-refractivity contribution in [1.29, 1.82) is 0 Å². The second-order valence-electron chi connectivity index (χ2n) is 0. The number of halogens is 3. The van der Waals surface area contributed by atoms with E-state index >= 15 is 0 Å². The predicted molar refractivity (Wildman–Crippen MR) is 28.9 cm³/mol. The average molecular weight is 273 g/mol. The van der Waals surface area contributed by atoms with Crippen LogP contribution in [0.3, 0.4) is 0 Å². The molecule has 0 nitrogen and oxygen atoms in total. The Hall–Kier alpha value is 3.25. The molecule has 0 fully saturated rings. The summed E-state index contributed by atoms with van der Waals surface area (Å²) in [5.74, 6) is 0. The van der Waals surface area contributed by atoms with Gasteiger partial charge in [-0.15, -0.1) is 37.2 Å². The third kappa shape index (κ3) is 18.9. The van der Waals surface area contributed by atoms with Crippen LogP contribution in [-0.2, 0) is 0 Å². The maximum atomic E-state index is 0. The zero-order valence-electron chi connectivity index (χ0n) is 1.72. The normalized spacial score (nSPS) is 0. The fraction of sp³-hybridized carbons (Fsp3) is 0. The van der Waals surface area contributed by atoms with Gasteiger partial charge in [-0.1, -0.05) is 0 Å². The van der Waals surface area contributed by atoms with E-state index in [1.807, 2.05) is 0 Å². The molecule has 5 heavy (non-hydrogen) atoms. The summed E-state index contributed by atoms with van der Waals surface area (Å²) >= 11 is 0. The van der Waals surface area contributed by atoms with Crippen molar-refractivity contribution in [2.45, 2.75) is 0 Å². The van der Waals surface area contributed by atoms with Crippen molar-refractivity contribution in [2.75, 3.05) is 0 Å². The zero-order valence-corrected chi connectivity index (χ0v) is 7.31. The van der Waals surface area contributed by atoms with Gasteiger partial charge in [0.1, 0.15) is 0 Å². The Kier molecular flexibility index (Phi) is 220. The molecule has 0 rings (SSSR count). The molecule has 0 amide bonds. The van der Waals surface area contributed by atoms with Crippen LogP contribution in [0.15, 0.2) is 0 Å². The first-order valence-electron chi connectivity index (χ1n) is 0. The van der Waals surface area contributed by atoms with Crippen LogP contribution in [0.4, 0.5) is 0 Å². The summed E-state index contributed by atoms with van der Waals surface area (Å²) in [4.78, 5) is 0. The van der Waals surface area contributed by atoms with E-state index in [0.29, 0.717) is 0 Å². The molecule has 0 aliphatic carbocycles. The summed E-state index contributed by atoms with van der Waals surface area (Å²) in [7, 11) is 0. The van der Waals surface area contributed by atoms with E-state index in [1.165, 1.54) is 0 Å². The first-order chi connectivity index (χ1) is 0. The summed E-state index contributed by atoms with van der Waals surface area (Å²) in [6.45, 7) is 0. The summed E-state index contributed by atoms with van der Waals surface area (Å²) in [6, 6.07) is 0. The third-order valence-corrected chi connectivity index (χ3v) is 0. The molecule has 0 bridgehead atoms. The van der Waals surface area contributed by atoms with Crippen molar-refractivity contribution < 1.29 is 41.7 Å². The van der Waals surface area contributed by atoms with Crippen molar-refractivity contribution in [1.82, 2.24) is 0 Å². The van der Waals surface area contributed by atoms with Gasteiger partial charge in [0.05, 0.1) is 0 Å². The molecule has 0 aromatic rings. The summed E-state index contributed by atoms with van der Waals surface area (Å²) in [6.07, 6.45) is 0. The third-order valence-electron chi connectivity index (χ3n) is 0. The molecule has 0 saturated heterocycles. The molecule has 0 aliphatic heterocycles. The Bertz CT molecular complexity index is 6.85. The molecule has 0 aliphatic rings. The quantitative estimate of drug-likeness (QED) is 0.568. The number of rotatable bonds is 0. The minimum atomic E-state index is 0. The van der Waals surface area contributed by atoms with E-state index in [4.69, 9.17) is 0 Å². The van der Waals surface area contributed by atoms with Crippen LogP contribution in [0.5, 0.6) is 0 Å². The molecule has 30 valence electrons. The second-order valence-corrected chi connectivity index (χ2v) is 0. The van der Waals surface area contributed by atoms with Crippen molar-refractivity contribution >= 4 is 66.8 Å². The maximum absolute atomic E-state index is 0. The van der Waals surface area contributed by atoms with E-state index in [0.717, 1.165) is 0 Å². The SMILES string of the molecule is Cl.Cl.Cl.[Ce].[NaH]. The predicted octanol–water partition coefficient (Wildman–Crippen LogP) is 0.617. The molecule has 0 aromatic heterocycles. The average Bonchev–Trinajstić information content (AvgIpc) is 0. The first kappa shape index (κ1) is 41.1. The van der Waals surface area contributed by atoms with Crippen LogP contribution in [0.2, 0.25) is 0 Å². The summed E-state index contributed by atoms with van der Waals surface area (Å²) < 4.78 is 0. The molecule has 0 radical (unpaired) electrons. The first-order valence-corrected chi connectivity index (χ1v) is 0. The van der Waals surface area contributed by atoms with E-state index in [1.54, 1.807) is 0 Å². The van der Waals surface area contributed by atoms with Crippen LogP contribution in [-0.4, -0.2) is 29.6 Å². The van der Waals surface area contributed by atoms with Gasteiger partial charge in [0.15, 0.2) is 0 Å². The topological polar surface area (TPSA) is 0 Å². The fourth-order valence-corrected chi connectivity index (χ4v) is 0. The van der Waals surface area contributed by atoms with Gasteiger partial charge >= 0.3 is 29.6 Å². The standard InChI is InChI=1S/Ce.3ClH.Na.H/h;3*1H;;. The Labute approximate surface area is 106 Å². The molecule has 0 unspecified atom stereocenters. The molecule has 0 N–H and O–H groups in total. The van der Waals surface area contributed by atoms with Gasteiger partial charge in [-0.3, -0.25) is 0 Å². The van der Waals surface area contributed by atoms with Gasteiger partial charge in [-0.2, -0.15) is 0 Å². The van der Waals surface area contributed by atoms with Gasteiger partial charge in [0.25, 0.3) is 0 Å². The molecule has 0 spiro atoms. The Morgan fingerprint density at radius 3 is 0.600 bits per heavy atom. The van der Waals surface area contributed by atoms with Crippen molar-refractivity contribution in [2.24, 2.45) is 0 Å². The van der Waals surface area contributed by atoms with Crippen LogP contribution < -0.4 is 0 Å². The fourth-order valence-electron chi connectivity index (χ4n) is 0. The van der Waals surface area contributed by atoms with E-state index in [9.17, 15) is 0 Å². The van der Waals surface area contributed by atoms with Gasteiger partial charge in [0, 0.05) is 41.7 Å².